The molecule has 0 radical (unpaired) electrons. The molecule has 1 fully saturated rings. The second kappa shape index (κ2) is 8.65. The molecule has 0 heterocycles. The summed E-state index contributed by atoms with van der Waals surface area (Å²) in [5.41, 5.74) is -1.24. The van der Waals surface area contributed by atoms with Crippen molar-refractivity contribution in [3.8, 4) is 11.5 Å². The molecule has 136 valence electrons. The van der Waals surface area contributed by atoms with Gasteiger partial charge in [0.2, 0.25) is 0 Å². The molecule has 4 nitrogen and oxygen atoms in total. The molecule has 2 aromatic rings. The van der Waals surface area contributed by atoms with E-state index in [1.54, 1.807) is 48.5 Å². The maximum Gasteiger partial charge on any atom is 0.328 e. The number of carbonyl (C=O) groups excluding carboxylic acids is 2. The van der Waals surface area contributed by atoms with Crippen molar-refractivity contribution < 1.29 is 19.1 Å². The molecule has 0 saturated heterocycles. The number of ether oxygens (including phenoxy) is 2. The molecule has 4 heteroatoms. The standard InChI is InChI=1S/C22H24O4/c23-20(25-18-12-6-4-7-13-18)22(16-10-2-1-3-11-17-22)21(24)26-19-14-8-5-9-15-19/h4-9,12-15H,1-3,10-11,16-17H2. The van der Waals surface area contributed by atoms with E-state index < -0.39 is 17.4 Å². The molecule has 0 amide bonds. The fourth-order valence-electron chi connectivity index (χ4n) is 3.39. The largest absolute Gasteiger partial charge is 0.426 e. The van der Waals surface area contributed by atoms with Crippen LogP contribution in [0.4, 0.5) is 0 Å². The van der Waals surface area contributed by atoms with Gasteiger partial charge in [0.15, 0.2) is 5.41 Å². The van der Waals surface area contributed by atoms with Crippen molar-refractivity contribution >= 4 is 11.9 Å². The van der Waals surface area contributed by atoms with E-state index in [4.69, 9.17) is 9.47 Å². The maximum absolute atomic E-state index is 13.1. The number of carbonyl (C=O) groups is 2. The van der Waals surface area contributed by atoms with Crippen molar-refractivity contribution in [3.63, 3.8) is 0 Å². The third-order valence-corrected chi connectivity index (χ3v) is 4.90. The van der Waals surface area contributed by atoms with Crippen molar-refractivity contribution in [3.05, 3.63) is 60.7 Å². The van der Waals surface area contributed by atoms with Crippen LogP contribution in [0.3, 0.4) is 0 Å². The number of hydrogen-bond donors (Lipinski definition) is 0. The van der Waals surface area contributed by atoms with Crippen molar-refractivity contribution in [1.29, 1.82) is 0 Å². The second-order valence-electron chi connectivity index (χ2n) is 6.76. The summed E-state index contributed by atoms with van der Waals surface area (Å²) in [6.45, 7) is 0. The van der Waals surface area contributed by atoms with Crippen molar-refractivity contribution in [2.45, 2.75) is 44.9 Å². The molecule has 0 atom stereocenters. The van der Waals surface area contributed by atoms with Gasteiger partial charge in [0.05, 0.1) is 0 Å². The molecule has 0 aromatic heterocycles. The van der Waals surface area contributed by atoms with Crippen LogP contribution in [-0.2, 0) is 9.59 Å². The lowest BCUT2D eigenvalue weighted by molar-refractivity contribution is -0.162. The summed E-state index contributed by atoms with van der Waals surface area (Å²) in [6.07, 6.45) is 5.71. The van der Waals surface area contributed by atoms with E-state index >= 15 is 0 Å². The highest BCUT2D eigenvalue weighted by atomic mass is 16.6. The van der Waals surface area contributed by atoms with Gasteiger partial charge < -0.3 is 9.47 Å². The molecular weight excluding hydrogens is 328 g/mol. The lowest BCUT2D eigenvalue weighted by atomic mass is 9.76. The number of benzene rings is 2. The molecular formula is C22H24O4. The Hall–Kier alpha value is -2.62. The van der Waals surface area contributed by atoms with Gasteiger partial charge in [0.25, 0.3) is 0 Å². The van der Waals surface area contributed by atoms with Crippen LogP contribution in [0.2, 0.25) is 0 Å². The summed E-state index contributed by atoms with van der Waals surface area (Å²) in [4.78, 5) is 26.1. The van der Waals surface area contributed by atoms with Crippen LogP contribution >= 0.6 is 0 Å². The molecule has 0 unspecified atom stereocenters. The molecule has 2 aromatic carbocycles. The topological polar surface area (TPSA) is 52.6 Å². The Labute approximate surface area is 154 Å². The van der Waals surface area contributed by atoms with E-state index in [0.29, 0.717) is 24.3 Å². The highest BCUT2D eigenvalue weighted by molar-refractivity contribution is 6.01. The van der Waals surface area contributed by atoms with Gasteiger partial charge in [-0.15, -0.1) is 0 Å². The Morgan fingerprint density at radius 1 is 0.615 bits per heavy atom. The van der Waals surface area contributed by atoms with Crippen LogP contribution < -0.4 is 9.47 Å². The molecule has 1 saturated carbocycles. The van der Waals surface area contributed by atoms with Gasteiger partial charge in [-0.2, -0.15) is 0 Å². The molecule has 0 aliphatic heterocycles. The monoisotopic (exact) mass is 352 g/mol. The first kappa shape index (κ1) is 18.2. The third kappa shape index (κ3) is 4.31. The lowest BCUT2D eigenvalue weighted by Gasteiger charge is -2.30. The van der Waals surface area contributed by atoms with E-state index in [0.717, 1.165) is 32.1 Å². The zero-order valence-corrected chi connectivity index (χ0v) is 14.9. The van der Waals surface area contributed by atoms with Gasteiger partial charge >= 0.3 is 11.9 Å². The van der Waals surface area contributed by atoms with Crippen LogP contribution in [-0.4, -0.2) is 11.9 Å². The molecule has 0 bridgehead atoms. The van der Waals surface area contributed by atoms with Crippen molar-refractivity contribution in [2.75, 3.05) is 0 Å². The van der Waals surface area contributed by atoms with Crippen molar-refractivity contribution in [2.24, 2.45) is 5.41 Å². The van der Waals surface area contributed by atoms with E-state index in [1.165, 1.54) is 0 Å². The minimum atomic E-state index is -1.24. The normalized spacial score (nSPS) is 16.8. The first-order valence-electron chi connectivity index (χ1n) is 9.25. The zero-order chi connectivity index (χ0) is 18.2. The predicted octanol–water partition coefficient (Wildman–Crippen LogP) is 4.93. The van der Waals surface area contributed by atoms with Gasteiger partial charge in [-0.1, -0.05) is 68.5 Å². The highest BCUT2D eigenvalue weighted by Crippen LogP contribution is 2.37. The SMILES string of the molecule is O=C(Oc1ccccc1)C1(C(=O)Oc2ccccc2)CCCCCCC1. The summed E-state index contributed by atoms with van der Waals surface area (Å²) in [5, 5.41) is 0. The van der Waals surface area contributed by atoms with Crippen LogP contribution in [0.1, 0.15) is 44.9 Å². The predicted molar refractivity (Wildman–Crippen MR) is 98.9 cm³/mol. The Balaban J connectivity index is 1.85. The van der Waals surface area contributed by atoms with Gasteiger partial charge in [-0.25, -0.2) is 0 Å². The van der Waals surface area contributed by atoms with Gasteiger partial charge in [-0.05, 0) is 37.1 Å². The van der Waals surface area contributed by atoms with Gasteiger partial charge in [-0.3, -0.25) is 9.59 Å². The zero-order valence-electron chi connectivity index (χ0n) is 14.9. The highest BCUT2D eigenvalue weighted by Gasteiger charge is 2.48. The smallest absolute Gasteiger partial charge is 0.328 e. The van der Waals surface area contributed by atoms with Crippen LogP contribution in [0.25, 0.3) is 0 Å². The first-order valence-corrected chi connectivity index (χ1v) is 9.25. The Morgan fingerprint density at radius 3 is 1.42 bits per heavy atom. The van der Waals surface area contributed by atoms with Crippen LogP contribution in [0.15, 0.2) is 60.7 Å². The second-order valence-corrected chi connectivity index (χ2v) is 6.76. The third-order valence-electron chi connectivity index (χ3n) is 4.90. The number of rotatable bonds is 4. The molecule has 26 heavy (non-hydrogen) atoms. The van der Waals surface area contributed by atoms with E-state index in [9.17, 15) is 9.59 Å². The summed E-state index contributed by atoms with van der Waals surface area (Å²) in [5.74, 6) is -0.115. The van der Waals surface area contributed by atoms with Crippen molar-refractivity contribution in [1.82, 2.24) is 0 Å². The minimum Gasteiger partial charge on any atom is -0.426 e. The Morgan fingerprint density at radius 2 is 1.00 bits per heavy atom. The average Bonchev–Trinajstić information content (AvgIpc) is 2.63. The molecule has 1 aliphatic carbocycles. The van der Waals surface area contributed by atoms with Gasteiger partial charge in [0.1, 0.15) is 11.5 Å². The number of esters is 2. The summed E-state index contributed by atoms with van der Waals surface area (Å²) < 4.78 is 11.1. The fraction of sp³-hybridized carbons (Fsp3) is 0.364. The van der Waals surface area contributed by atoms with Gasteiger partial charge in [0, 0.05) is 0 Å². The first-order chi connectivity index (χ1) is 12.7. The van der Waals surface area contributed by atoms with E-state index in [2.05, 4.69) is 0 Å². The Bertz CT molecular complexity index is 661. The Kier molecular flexibility index (Phi) is 6.05. The minimum absolute atomic E-state index is 0.450. The summed E-state index contributed by atoms with van der Waals surface area (Å²) >= 11 is 0. The van der Waals surface area contributed by atoms with Crippen LogP contribution in [0.5, 0.6) is 11.5 Å². The molecule has 0 spiro atoms. The van der Waals surface area contributed by atoms with E-state index in [-0.39, 0.29) is 0 Å². The van der Waals surface area contributed by atoms with E-state index in [1.807, 2.05) is 12.1 Å². The molecule has 3 rings (SSSR count). The lowest BCUT2D eigenvalue weighted by Crippen LogP contribution is -2.45. The number of hydrogen-bond acceptors (Lipinski definition) is 4. The molecule has 0 N–H and O–H groups in total. The quantitative estimate of drug-likeness (QED) is 0.445. The average molecular weight is 352 g/mol. The number of para-hydroxylation sites is 2. The molecule has 1 aliphatic rings. The fourth-order valence-corrected chi connectivity index (χ4v) is 3.39. The van der Waals surface area contributed by atoms with Crippen LogP contribution in [0, 0.1) is 5.41 Å². The summed E-state index contributed by atoms with van der Waals surface area (Å²) in [6, 6.07) is 17.8. The summed E-state index contributed by atoms with van der Waals surface area (Å²) in [7, 11) is 0. The maximum atomic E-state index is 13.1.